The highest BCUT2D eigenvalue weighted by Gasteiger charge is 2.21. The minimum absolute atomic E-state index is 0.0122. The highest BCUT2D eigenvalue weighted by atomic mass is 35.5. The van der Waals surface area contributed by atoms with Gasteiger partial charge < -0.3 is 14.2 Å². The van der Waals surface area contributed by atoms with E-state index in [1.165, 1.54) is 43.3 Å². The van der Waals surface area contributed by atoms with Gasteiger partial charge in [0.1, 0.15) is 24.2 Å². The van der Waals surface area contributed by atoms with Crippen molar-refractivity contribution in [1.82, 2.24) is 0 Å². The van der Waals surface area contributed by atoms with Crippen molar-refractivity contribution in [3.8, 4) is 11.5 Å². The normalized spacial score (nSPS) is 12.3. The van der Waals surface area contributed by atoms with Crippen LogP contribution in [0.1, 0.15) is 20.3 Å². The SMILES string of the molecule is CCCOc1ccc(S(=O)(=O)c2ccc(OC[C@@H](CCl)OC(C)=O)c(Cl)c2)cc1Cl. The van der Waals surface area contributed by atoms with Crippen LogP contribution in [0.3, 0.4) is 0 Å². The van der Waals surface area contributed by atoms with E-state index in [-0.39, 0.29) is 38.1 Å². The smallest absolute Gasteiger partial charge is 0.303 e. The molecule has 2 rings (SSSR count). The maximum atomic E-state index is 12.9. The summed E-state index contributed by atoms with van der Waals surface area (Å²) in [6, 6.07) is 8.36. The number of alkyl halides is 1. The molecule has 0 saturated carbocycles. The molecular formula is C20H21Cl3O6S. The fraction of sp³-hybridized carbons (Fsp3) is 0.350. The van der Waals surface area contributed by atoms with E-state index in [2.05, 4.69) is 0 Å². The third kappa shape index (κ3) is 6.41. The lowest BCUT2D eigenvalue weighted by atomic mass is 10.3. The van der Waals surface area contributed by atoms with Crippen LogP contribution in [0, 0.1) is 0 Å². The van der Waals surface area contributed by atoms with Crippen LogP contribution in [0.15, 0.2) is 46.2 Å². The number of rotatable bonds is 10. The van der Waals surface area contributed by atoms with Crippen molar-refractivity contribution in [2.24, 2.45) is 0 Å². The van der Waals surface area contributed by atoms with E-state index in [9.17, 15) is 13.2 Å². The van der Waals surface area contributed by atoms with E-state index in [0.29, 0.717) is 12.4 Å². The maximum Gasteiger partial charge on any atom is 0.303 e. The molecule has 0 spiro atoms. The molecule has 0 aliphatic carbocycles. The molecule has 0 N–H and O–H groups in total. The quantitative estimate of drug-likeness (QED) is 0.334. The van der Waals surface area contributed by atoms with Crippen molar-refractivity contribution < 1.29 is 27.4 Å². The summed E-state index contributed by atoms with van der Waals surface area (Å²) in [6.07, 6.45) is 0.148. The Morgan fingerprint density at radius 3 is 1.97 bits per heavy atom. The molecule has 0 fully saturated rings. The maximum absolute atomic E-state index is 12.9. The number of hydrogen-bond acceptors (Lipinski definition) is 6. The fourth-order valence-electron chi connectivity index (χ4n) is 2.41. The third-order valence-corrected chi connectivity index (χ3v) is 6.50. The van der Waals surface area contributed by atoms with Gasteiger partial charge in [0.05, 0.1) is 32.3 Å². The molecule has 10 heteroatoms. The van der Waals surface area contributed by atoms with Gasteiger partial charge in [-0.25, -0.2) is 8.42 Å². The van der Waals surface area contributed by atoms with Crippen LogP contribution in [0.4, 0.5) is 0 Å². The van der Waals surface area contributed by atoms with Gasteiger partial charge in [0.25, 0.3) is 0 Å². The van der Waals surface area contributed by atoms with Gasteiger partial charge in [0, 0.05) is 6.92 Å². The number of carbonyl (C=O) groups excluding carboxylic acids is 1. The van der Waals surface area contributed by atoms with Crippen LogP contribution >= 0.6 is 34.8 Å². The van der Waals surface area contributed by atoms with Crippen molar-refractivity contribution in [1.29, 1.82) is 0 Å². The zero-order valence-electron chi connectivity index (χ0n) is 16.4. The highest BCUT2D eigenvalue weighted by Crippen LogP contribution is 2.33. The number of esters is 1. The highest BCUT2D eigenvalue weighted by molar-refractivity contribution is 7.91. The molecule has 0 radical (unpaired) electrons. The summed E-state index contributed by atoms with van der Waals surface area (Å²) < 4.78 is 41.8. The molecule has 0 aliphatic heterocycles. The molecule has 0 aliphatic rings. The van der Waals surface area contributed by atoms with Crippen molar-refractivity contribution in [3.63, 3.8) is 0 Å². The summed E-state index contributed by atoms with van der Waals surface area (Å²) in [7, 11) is -3.86. The lowest BCUT2D eigenvalue weighted by Crippen LogP contribution is -2.25. The molecule has 0 unspecified atom stereocenters. The zero-order valence-corrected chi connectivity index (χ0v) is 19.4. The van der Waals surface area contributed by atoms with Crippen molar-refractivity contribution in [3.05, 3.63) is 46.4 Å². The first-order valence-corrected chi connectivity index (χ1v) is 11.8. The van der Waals surface area contributed by atoms with E-state index in [1.807, 2.05) is 6.92 Å². The average molecular weight is 496 g/mol. The van der Waals surface area contributed by atoms with Gasteiger partial charge in [0.15, 0.2) is 0 Å². The van der Waals surface area contributed by atoms with Crippen molar-refractivity contribution >= 4 is 50.6 Å². The molecule has 2 aromatic carbocycles. The summed E-state index contributed by atoms with van der Waals surface area (Å²) in [5.41, 5.74) is 0. The molecule has 0 heterocycles. The second-order valence-corrected chi connectivity index (χ2v) is 9.31. The van der Waals surface area contributed by atoms with Crippen LogP contribution < -0.4 is 9.47 Å². The molecular weight excluding hydrogens is 475 g/mol. The Bertz CT molecular complexity index is 994. The van der Waals surface area contributed by atoms with Crippen LogP contribution in [-0.4, -0.2) is 39.6 Å². The van der Waals surface area contributed by atoms with Crippen LogP contribution in [0.5, 0.6) is 11.5 Å². The van der Waals surface area contributed by atoms with Crippen LogP contribution in [0.2, 0.25) is 10.0 Å². The predicted molar refractivity (Wildman–Crippen MR) is 116 cm³/mol. The predicted octanol–water partition coefficient (Wildman–Crippen LogP) is 5.16. The molecule has 0 bridgehead atoms. The van der Waals surface area contributed by atoms with E-state index in [4.69, 9.17) is 49.0 Å². The molecule has 1 atom stereocenters. The van der Waals surface area contributed by atoms with Gasteiger partial charge in [0.2, 0.25) is 9.84 Å². The monoisotopic (exact) mass is 494 g/mol. The zero-order chi connectivity index (χ0) is 22.3. The van der Waals surface area contributed by atoms with Gasteiger partial charge in [-0.15, -0.1) is 11.6 Å². The topological polar surface area (TPSA) is 78.9 Å². The minimum Gasteiger partial charge on any atom is -0.492 e. The van der Waals surface area contributed by atoms with Crippen molar-refractivity contribution in [2.45, 2.75) is 36.2 Å². The second kappa shape index (κ2) is 11.1. The Kier molecular flexibility index (Phi) is 9.09. The number of carbonyl (C=O) groups is 1. The molecule has 6 nitrogen and oxygen atoms in total. The van der Waals surface area contributed by atoms with E-state index >= 15 is 0 Å². The number of sulfone groups is 1. The van der Waals surface area contributed by atoms with E-state index in [1.54, 1.807) is 0 Å². The first-order chi connectivity index (χ1) is 14.2. The van der Waals surface area contributed by atoms with Crippen LogP contribution in [0.25, 0.3) is 0 Å². The Balaban J connectivity index is 2.20. The van der Waals surface area contributed by atoms with Gasteiger partial charge >= 0.3 is 5.97 Å². The standard InChI is InChI=1S/C20H21Cl3O6S/c1-3-8-27-19-6-4-15(9-17(19)22)30(25,26)16-5-7-20(18(23)10-16)28-12-14(11-21)29-13(2)24/h4-7,9-10,14H,3,8,11-12H2,1-2H3/t14-/m1/s1. The number of benzene rings is 2. The molecule has 2 aromatic rings. The first kappa shape index (κ1) is 24.6. The lowest BCUT2D eigenvalue weighted by molar-refractivity contribution is -0.146. The number of halogens is 3. The van der Waals surface area contributed by atoms with E-state index in [0.717, 1.165) is 6.42 Å². The summed E-state index contributed by atoms with van der Waals surface area (Å²) in [5, 5.41) is 0.286. The molecule has 30 heavy (non-hydrogen) atoms. The second-order valence-electron chi connectivity index (χ2n) is 6.23. The fourth-order valence-corrected chi connectivity index (χ4v) is 4.47. The number of ether oxygens (including phenoxy) is 3. The van der Waals surface area contributed by atoms with Crippen LogP contribution in [-0.2, 0) is 19.4 Å². The third-order valence-electron chi connectivity index (χ3n) is 3.82. The molecule has 164 valence electrons. The summed E-state index contributed by atoms with van der Waals surface area (Å²) in [4.78, 5) is 11.0. The molecule has 0 aromatic heterocycles. The summed E-state index contributed by atoms with van der Waals surface area (Å²) in [5.74, 6) is 0.212. The number of hydrogen-bond donors (Lipinski definition) is 0. The largest absolute Gasteiger partial charge is 0.492 e. The van der Waals surface area contributed by atoms with Gasteiger partial charge in [-0.2, -0.15) is 0 Å². The Hall–Kier alpha value is -1.67. The average Bonchev–Trinajstić information content (AvgIpc) is 2.70. The van der Waals surface area contributed by atoms with Gasteiger partial charge in [-0.1, -0.05) is 30.1 Å². The first-order valence-electron chi connectivity index (χ1n) is 9.02. The molecule has 0 saturated heterocycles. The van der Waals surface area contributed by atoms with E-state index < -0.39 is 21.9 Å². The Morgan fingerprint density at radius 2 is 1.53 bits per heavy atom. The van der Waals surface area contributed by atoms with Crippen molar-refractivity contribution in [2.75, 3.05) is 19.1 Å². The molecule has 0 amide bonds. The minimum atomic E-state index is -3.86. The van der Waals surface area contributed by atoms with Gasteiger partial charge in [-0.3, -0.25) is 4.79 Å². The Morgan fingerprint density at radius 1 is 1.00 bits per heavy atom. The summed E-state index contributed by atoms with van der Waals surface area (Å²) >= 11 is 18.1. The van der Waals surface area contributed by atoms with Gasteiger partial charge in [-0.05, 0) is 42.8 Å². The lowest BCUT2D eigenvalue weighted by Gasteiger charge is -2.16. The Labute approximate surface area is 190 Å². The summed E-state index contributed by atoms with van der Waals surface area (Å²) in [6.45, 7) is 3.67.